The molecule has 2 aromatic heterocycles. The quantitative estimate of drug-likeness (QED) is 0.168. The number of nitrogens with zero attached hydrogens (tertiary/aromatic N) is 2. The molecule has 0 aliphatic carbocycles. The Bertz CT molecular complexity index is 3890. The molecule has 0 N–H and O–H groups in total. The van der Waals surface area contributed by atoms with Crippen LogP contribution < -0.4 is 9.80 Å². The van der Waals surface area contributed by atoms with Gasteiger partial charge in [-0.1, -0.05) is 146 Å². The second-order valence-corrected chi connectivity index (χ2v) is 16.1. The fraction of sp³-hybridized carbons (Fsp3) is 0. The highest BCUT2D eigenvalue weighted by atomic mass is 16.3. The van der Waals surface area contributed by atoms with E-state index >= 15 is 0 Å². The number of benzene rings is 11. The summed E-state index contributed by atoms with van der Waals surface area (Å²) in [5, 5.41) is 13.5. The van der Waals surface area contributed by atoms with Gasteiger partial charge in [-0.2, -0.15) is 0 Å². The van der Waals surface area contributed by atoms with E-state index < -0.39 is 0 Å². The average Bonchev–Trinajstić information content (AvgIpc) is 3.91. The molecule has 0 saturated carbocycles. The Morgan fingerprint density at radius 1 is 0.258 bits per heavy atom. The van der Waals surface area contributed by atoms with E-state index in [2.05, 4.69) is 228 Å². The van der Waals surface area contributed by atoms with Gasteiger partial charge in [0.1, 0.15) is 22.3 Å². The summed E-state index contributed by atoms with van der Waals surface area (Å²) < 4.78 is 14.1. The number of hydrogen-bond acceptors (Lipinski definition) is 4. The van der Waals surface area contributed by atoms with E-state index in [0.717, 1.165) is 99.5 Å². The number of anilines is 6. The maximum Gasteiger partial charge on any atom is 0.147 e. The fourth-order valence-electron chi connectivity index (χ4n) is 9.79. The first kappa shape index (κ1) is 34.5. The Morgan fingerprint density at radius 3 is 1.26 bits per heavy atom. The Labute approximate surface area is 356 Å². The molecular formula is C58H36N2O2. The van der Waals surface area contributed by atoms with Crippen LogP contribution in [0, 0.1) is 0 Å². The van der Waals surface area contributed by atoms with Crippen LogP contribution in [0.15, 0.2) is 227 Å². The zero-order valence-electron chi connectivity index (χ0n) is 33.5. The van der Waals surface area contributed by atoms with Gasteiger partial charge in [0, 0.05) is 61.8 Å². The van der Waals surface area contributed by atoms with E-state index in [1.54, 1.807) is 0 Å². The summed E-state index contributed by atoms with van der Waals surface area (Å²) >= 11 is 0. The molecule has 0 fully saturated rings. The van der Waals surface area contributed by atoms with Crippen molar-refractivity contribution in [1.29, 1.82) is 0 Å². The van der Waals surface area contributed by atoms with Crippen molar-refractivity contribution in [3.63, 3.8) is 0 Å². The number of furan rings is 2. The smallest absolute Gasteiger partial charge is 0.147 e. The lowest BCUT2D eigenvalue weighted by atomic mass is 9.98. The van der Waals surface area contributed by atoms with Crippen LogP contribution in [0.25, 0.3) is 87.0 Å². The molecule has 290 valence electrons. The molecule has 0 saturated heterocycles. The molecule has 0 radical (unpaired) electrons. The van der Waals surface area contributed by atoms with Gasteiger partial charge in [-0.15, -0.1) is 0 Å². The summed E-state index contributed by atoms with van der Waals surface area (Å²) in [5.41, 5.74) is 9.62. The molecule has 13 aromatic rings. The molecule has 0 unspecified atom stereocenters. The Morgan fingerprint density at radius 2 is 0.710 bits per heavy atom. The van der Waals surface area contributed by atoms with Crippen LogP contribution in [-0.4, -0.2) is 0 Å². The summed E-state index contributed by atoms with van der Waals surface area (Å²) in [6, 6.07) is 77.8. The van der Waals surface area contributed by atoms with Gasteiger partial charge in [0.05, 0.1) is 16.8 Å². The predicted molar refractivity (Wildman–Crippen MR) is 260 cm³/mol. The van der Waals surface area contributed by atoms with E-state index in [-0.39, 0.29) is 0 Å². The predicted octanol–water partition coefficient (Wildman–Crippen LogP) is 17.0. The topological polar surface area (TPSA) is 32.8 Å². The first-order valence-electron chi connectivity index (χ1n) is 21.1. The normalized spacial score (nSPS) is 11.9. The van der Waals surface area contributed by atoms with Gasteiger partial charge in [-0.3, -0.25) is 0 Å². The van der Waals surface area contributed by atoms with E-state index in [1.165, 1.54) is 21.5 Å². The lowest BCUT2D eigenvalue weighted by molar-refractivity contribution is 0.663. The zero-order valence-corrected chi connectivity index (χ0v) is 33.5. The lowest BCUT2D eigenvalue weighted by Gasteiger charge is -2.27. The van der Waals surface area contributed by atoms with Gasteiger partial charge >= 0.3 is 0 Å². The molecule has 0 bridgehead atoms. The number of fused-ring (bicyclic) bond motifs is 13. The Hall–Kier alpha value is -8.34. The molecule has 4 heteroatoms. The third-order valence-corrected chi connectivity index (χ3v) is 12.5. The van der Waals surface area contributed by atoms with E-state index in [1.807, 2.05) is 0 Å². The summed E-state index contributed by atoms with van der Waals surface area (Å²) in [7, 11) is 0. The Kier molecular flexibility index (Phi) is 7.57. The minimum Gasteiger partial charge on any atom is -0.456 e. The summed E-state index contributed by atoms with van der Waals surface area (Å²) in [5.74, 6) is 0. The number of para-hydroxylation sites is 2. The maximum atomic E-state index is 7.18. The van der Waals surface area contributed by atoms with Crippen LogP contribution >= 0.6 is 0 Å². The van der Waals surface area contributed by atoms with Crippen molar-refractivity contribution < 1.29 is 8.83 Å². The summed E-state index contributed by atoms with van der Waals surface area (Å²) in [6.45, 7) is 0. The van der Waals surface area contributed by atoms with E-state index in [4.69, 9.17) is 8.83 Å². The maximum absolute atomic E-state index is 7.18. The van der Waals surface area contributed by atoms with Crippen LogP contribution in [-0.2, 0) is 0 Å². The van der Waals surface area contributed by atoms with Crippen LogP contribution in [0.1, 0.15) is 0 Å². The SMILES string of the molecule is c1ccc(N(c2ccc3ccccc3c2)c2cc3oc4c(ccc5oc6cc(N(c7ccccc7)c7ccc8ccccc8c7)c7ccccc7c6c54)c3c3ccccc23)cc1. The fourth-order valence-corrected chi connectivity index (χ4v) is 9.79. The lowest BCUT2D eigenvalue weighted by Crippen LogP contribution is -2.10. The van der Waals surface area contributed by atoms with Gasteiger partial charge in [0.25, 0.3) is 0 Å². The molecule has 13 rings (SSSR count). The molecule has 0 spiro atoms. The van der Waals surface area contributed by atoms with Crippen molar-refractivity contribution >= 4 is 121 Å². The monoisotopic (exact) mass is 792 g/mol. The highest BCUT2D eigenvalue weighted by molar-refractivity contribution is 6.32. The number of rotatable bonds is 6. The molecule has 0 aliphatic heterocycles. The van der Waals surface area contributed by atoms with Crippen LogP contribution in [0.3, 0.4) is 0 Å². The van der Waals surface area contributed by atoms with Gasteiger partial charge in [-0.05, 0) is 93.0 Å². The zero-order chi connectivity index (χ0) is 40.7. The van der Waals surface area contributed by atoms with Crippen molar-refractivity contribution in [1.82, 2.24) is 0 Å². The van der Waals surface area contributed by atoms with Crippen LogP contribution in [0.2, 0.25) is 0 Å². The first-order valence-corrected chi connectivity index (χ1v) is 21.1. The standard InChI is InChI=1S/C58H36N2O2/c1-3-19-41(20-4-1)59(43-29-27-37-15-7-9-17-39(37)33-43)50-35-53-55(47-25-13-11-23-45(47)50)49-31-32-52-57(58(49)62-53)56-48-26-14-12-24-46(48)51(36-54(56)61-52)60(42-21-5-2-6-22-42)44-30-28-38-16-8-10-18-40(38)34-44/h1-36H. The molecule has 4 nitrogen and oxygen atoms in total. The van der Waals surface area contributed by atoms with Crippen LogP contribution in [0.4, 0.5) is 34.1 Å². The van der Waals surface area contributed by atoms with Crippen molar-refractivity contribution in [3.8, 4) is 0 Å². The number of hydrogen-bond donors (Lipinski definition) is 0. The molecule has 0 amide bonds. The van der Waals surface area contributed by atoms with E-state index in [0.29, 0.717) is 0 Å². The highest BCUT2D eigenvalue weighted by Gasteiger charge is 2.25. The average molecular weight is 793 g/mol. The molecule has 0 aliphatic rings. The minimum absolute atomic E-state index is 0.789. The minimum atomic E-state index is 0.789. The molecule has 2 heterocycles. The van der Waals surface area contributed by atoms with Gasteiger partial charge in [-0.25, -0.2) is 0 Å². The van der Waals surface area contributed by atoms with Crippen molar-refractivity contribution in [3.05, 3.63) is 218 Å². The van der Waals surface area contributed by atoms with Gasteiger partial charge in [0.15, 0.2) is 0 Å². The first-order chi connectivity index (χ1) is 30.7. The van der Waals surface area contributed by atoms with Crippen molar-refractivity contribution in [2.75, 3.05) is 9.80 Å². The van der Waals surface area contributed by atoms with Gasteiger partial charge in [0.2, 0.25) is 0 Å². The Balaban J connectivity index is 1.07. The molecule has 0 atom stereocenters. The van der Waals surface area contributed by atoms with E-state index in [9.17, 15) is 0 Å². The van der Waals surface area contributed by atoms with Crippen molar-refractivity contribution in [2.24, 2.45) is 0 Å². The summed E-state index contributed by atoms with van der Waals surface area (Å²) in [4.78, 5) is 4.70. The third-order valence-electron chi connectivity index (χ3n) is 12.5. The molecule has 11 aromatic carbocycles. The molecule has 62 heavy (non-hydrogen) atoms. The highest BCUT2D eigenvalue weighted by Crippen LogP contribution is 2.50. The third kappa shape index (κ3) is 5.27. The van der Waals surface area contributed by atoms with Crippen molar-refractivity contribution in [2.45, 2.75) is 0 Å². The van der Waals surface area contributed by atoms with Crippen LogP contribution in [0.5, 0.6) is 0 Å². The largest absolute Gasteiger partial charge is 0.456 e. The molecular weight excluding hydrogens is 757 g/mol. The second-order valence-electron chi connectivity index (χ2n) is 16.1. The summed E-state index contributed by atoms with van der Waals surface area (Å²) in [6.07, 6.45) is 0. The van der Waals surface area contributed by atoms with Gasteiger partial charge < -0.3 is 18.6 Å². The second kappa shape index (κ2) is 13.6.